The number of aromatic nitrogens is 2. The van der Waals surface area contributed by atoms with E-state index in [9.17, 15) is 14.4 Å². The summed E-state index contributed by atoms with van der Waals surface area (Å²) in [6.07, 6.45) is 0. The van der Waals surface area contributed by atoms with E-state index in [-0.39, 0.29) is 17.2 Å². The van der Waals surface area contributed by atoms with Gasteiger partial charge in [-0.2, -0.15) is 5.10 Å². The Morgan fingerprint density at radius 3 is 2.44 bits per heavy atom. The summed E-state index contributed by atoms with van der Waals surface area (Å²) >= 11 is 0. The predicted molar refractivity (Wildman–Crippen MR) is 129 cm³/mol. The van der Waals surface area contributed by atoms with E-state index in [1.54, 1.807) is 45.3 Å². The zero-order chi connectivity index (χ0) is 24.2. The molecule has 0 radical (unpaired) electrons. The van der Waals surface area contributed by atoms with Crippen molar-refractivity contribution < 1.29 is 19.1 Å². The van der Waals surface area contributed by atoms with Gasteiger partial charge in [0.05, 0.1) is 12.5 Å². The number of likely N-dealkylation sites (N-methyl/N-ethyl adjacent to an activating group) is 1. The molecule has 0 N–H and O–H groups in total. The number of esters is 1. The Labute approximate surface area is 196 Å². The van der Waals surface area contributed by atoms with Gasteiger partial charge in [-0.25, -0.2) is 9.48 Å². The highest BCUT2D eigenvalue weighted by molar-refractivity contribution is 6.02. The number of methoxy groups -OCH3 is 1. The van der Waals surface area contributed by atoms with E-state index < -0.39 is 12.6 Å². The first-order chi connectivity index (χ1) is 16.4. The topological polar surface area (TPSA) is 90.7 Å². The van der Waals surface area contributed by atoms with Gasteiger partial charge >= 0.3 is 5.97 Å². The number of benzene rings is 3. The van der Waals surface area contributed by atoms with Crippen molar-refractivity contribution in [1.82, 2.24) is 14.7 Å². The first kappa shape index (κ1) is 23.0. The van der Waals surface area contributed by atoms with Crippen LogP contribution >= 0.6 is 0 Å². The second-order valence-electron chi connectivity index (χ2n) is 7.89. The molecule has 1 heterocycles. The summed E-state index contributed by atoms with van der Waals surface area (Å²) in [5.74, 6) is -0.318. The molecule has 8 heteroatoms. The molecule has 34 heavy (non-hydrogen) atoms. The molecule has 0 bridgehead atoms. The van der Waals surface area contributed by atoms with Gasteiger partial charge in [0.15, 0.2) is 12.3 Å². The number of amides is 1. The Bertz CT molecular complexity index is 1440. The lowest BCUT2D eigenvalue weighted by molar-refractivity contribution is -0.133. The molecule has 0 aliphatic rings. The molecular formula is C26H25N3O5. The van der Waals surface area contributed by atoms with Gasteiger partial charge in [-0.1, -0.05) is 36.4 Å². The molecule has 0 unspecified atom stereocenters. The molecule has 3 aromatic carbocycles. The minimum absolute atomic E-state index is 0.0115. The van der Waals surface area contributed by atoms with E-state index in [4.69, 9.17) is 9.47 Å². The van der Waals surface area contributed by atoms with E-state index in [1.165, 1.54) is 9.58 Å². The van der Waals surface area contributed by atoms with Crippen molar-refractivity contribution in [1.29, 1.82) is 0 Å². The standard InChI is InChI=1S/C26H25N3O5/c1-4-29-25(31)22-8-6-5-7-21(22)24(27-29)26(32)34-16-23(30)28(2)15-17-9-10-19-14-20(33-3)12-11-18(19)13-17/h5-14H,4,15-16H2,1-3H3. The lowest BCUT2D eigenvalue weighted by Gasteiger charge is -2.18. The summed E-state index contributed by atoms with van der Waals surface area (Å²) in [6.45, 7) is 2.01. The fraction of sp³-hybridized carbons (Fsp3) is 0.231. The van der Waals surface area contributed by atoms with Crippen LogP contribution in [0.1, 0.15) is 23.0 Å². The molecule has 0 aliphatic carbocycles. The average Bonchev–Trinajstić information content (AvgIpc) is 2.87. The number of ether oxygens (including phenoxy) is 2. The molecule has 1 aromatic heterocycles. The van der Waals surface area contributed by atoms with E-state index in [2.05, 4.69) is 5.10 Å². The Morgan fingerprint density at radius 1 is 1.00 bits per heavy atom. The van der Waals surface area contributed by atoms with Crippen LogP contribution in [0.25, 0.3) is 21.5 Å². The third kappa shape index (κ3) is 4.61. The molecule has 0 aliphatic heterocycles. The Kier molecular flexibility index (Phi) is 6.58. The molecule has 0 saturated heterocycles. The molecule has 8 nitrogen and oxygen atoms in total. The van der Waals surface area contributed by atoms with Crippen LogP contribution in [-0.4, -0.2) is 47.3 Å². The minimum Gasteiger partial charge on any atom is -0.497 e. The highest BCUT2D eigenvalue weighted by Gasteiger charge is 2.20. The number of fused-ring (bicyclic) bond motifs is 2. The lowest BCUT2D eigenvalue weighted by atomic mass is 10.1. The molecule has 4 rings (SSSR count). The third-order valence-electron chi connectivity index (χ3n) is 5.64. The predicted octanol–water partition coefficient (Wildman–Crippen LogP) is 3.39. The molecule has 0 spiro atoms. The second kappa shape index (κ2) is 9.74. The highest BCUT2D eigenvalue weighted by Crippen LogP contribution is 2.22. The maximum Gasteiger partial charge on any atom is 0.359 e. The van der Waals surface area contributed by atoms with Gasteiger partial charge in [-0.15, -0.1) is 0 Å². The zero-order valence-corrected chi connectivity index (χ0v) is 19.3. The maximum atomic E-state index is 12.7. The van der Waals surface area contributed by atoms with Crippen molar-refractivity contribution in [3.63, 3.8) is 0 Å². The first-order valence-corrected chi connectivity index (χ1v) is 10.9. The zero-order valence-electron chi connectivity index (χ0n) is 19.3. The number of carbonyl (C=O) groups is 2. The van der Waals surface area contributed by atoms with Crippen molar-refractivity contribution in [2.45, 2.75) is 20.0 Å². The van der Waals surface area contributed by atoms with Crippen molar-refractivity contribution in [3.05, 3.63) is 82.3 Å². The van der Waals surface area contributed by atoms with Crippen LogP contribution in [0, 0.1) is 0 Å². The maximum absolute atomic E-state index is 12.7. The third-order valence-corrected chi connectivity index (χ3v) is 5.64. The monoisotopic (exact) mass is 459 g/mol. The summed E-state index contributed by atoms with van der Waals surface area (Å²) in [5, 5.41) is 7.00. The normalized spacial score (nSPS) is 10.9. The van der Waals surface area contributed by atoms with Crippen molar-refractivity contribution in [2.75, 3.05) is 20.8 Å². The number of nitrogens with zero attached hydrogens (tertiary/aromatic N) is 3. The SMILES string of the molecule is CCn1nc(C(=O)OCC(=O)N(C)Cc2ccc3cc(OC)ccc3c2)c2ccccc2c1=O. The largest absolute Gasteiger partial charge is 0.497 e. The van der Waals surface area contributed by atoms with Gasteiger partial charge in [0.1, 0.15) is 5.75 Å². The van der Waals surface area contributed by atoms with Crippen molar-refractivity contribution in [3.8, 4) is 5.75 Å². The molecule has 0 atom stereocenters. The molecule has 4 aromatic rings. The van der Waals surface area contributed by atoms with Crippen LogP contribution in [0.3, 0.4) is 0 Å². The van der Waals surface area contributed by atoms with Crippen LogP contribution in [0.4, 0.5) is 0 Å². The summed E-state index contributed by atoms with van der Waals surface area (Å²) in [4.78, 5) is 39.3. The van der Waals surface area contributed by atoms with E-state index in [1.807, 2.05) is 36.4 Å². The number of carbonyl (C=O) groups excluding carboxylic acids is 2. The van der Waals surface area contributed by atoms with Crippen LogP contribution in [0.15, 0.2) is 65.5 Å². The Balaban J connectivity index is 1.44. The summed E-state index contributed by atoms with van der Waals surface area (Å²) < 4.78 is 11.7. The molecule has 0 saturated carbocycles. The summed E-state index contributed by atoms with van der Waals surface area (Å²) in [6, 6.07) is 18.5. The van der Waals surface area contributed by atoms with Crippen LogP contribution in [-0.2, 0) is 22.6 Å². The minimum atomic E-state index is -0.750. The Morgan fingerprint density at radius 2 is 1.71 bits per heavy atom. The van der Waals surface area contributed by atoms with Crippen molar-refractivity contribution >= 4 is 33.4 Å². The smallest absolute Gasteiger partial charge is 0.359 e. The summed E-state index contributed by atoms with van der Waals surface area (Å²) in [5.41, 5.74) is 0.680. The van der Waals surface area contributed by atoms with Crippen molar-refractivity contribution in [2.24, 2.45) is 0 Å². The quantitative estimate of drug-likeness (QED) is 0.394. The summed E-state index contributed by atoms with van der Waals surface area (Å²) in [7, 11) is 3.28. The van der Waals surface area contributed by atoms with E-state index >= 15 is 0 Å². The molecular weight excluding hydrogens is 434 g/mol. The van der Waals surface area contributed by atoms with E-state index in [0.717, 1.165) is 22.1 Å². The fourth-order valence-electron chi connectivity index (χ4n) is 3.77. The van der Waals surface area contributed by atoms with Gasteiger partial charge in [0.25, 0.3) is 11.5 Å². The number of hydrogen-bond donors (Lipinski definition) is 0. The first-order valence-electron chi connectivity index (χ1n) is 10.9. The van der Waals surface area contributed by atoms with Gasteiger partial charge in [0, 0.05) is 25.5 Å². The van der Waals surface area contributed by atoms with E-state index in [0.29, 0.717) is 23.9 Å². The van der Waals surface area contributed by atoms with Gasteiger partial charge < -0.3 is 14.4 Å². The molecule has 1 amide bonds. The van der Waals surface area contributed by atoms with Gasteiger partial charge in [-0.05, 0) is 47.5 Å². The van der Waals surface area contributed by atoms with Crippen LogP contribution in [0.5, 0.6) is 5.75 Å². The number of aryl methyl sites for hydroxylation is 1. The van der Waals surface area contributed by atoms with Crippen LogP contribution < -0.4 is 10.3 Å². The fourth-order valence-corrected chi connectivity index (χ4v) is 3.77. The lowest BCUT2D eigenvalue weighted by Crippen LogP contribution is -2.31. The Hall–Kier alpha value is -4.20. The van der Waals surface area contributed by atoms with Gasteiger partial charge in [-0.3, -0.25) is 9.59 Å². The molecule has 174 valence electrons. The number of hydrogen-bond acceptors (Lipinski definition) is 6. The number of rotatable bonds is 7. The molecule has 0 fully saturated rings. The van der Waals surface area contributed by atoms with Crippen LogP contribution in [0.2, 0.25) is 0 Å². The van der Waals surface area contributed by atoms with Gasteiger partial charge in [0.2, 0.25) is 0 Å². The average molecular weight is 460 g/mol. The highest BCUT2D eigenvalue weighted by atomic mass is 16.5. The second-order valence-corrected chi connectivity index (χ2v) is 7.89.